The standard InChI is InChI=1S/C21H26N2O3/c1-21(2,3)26-20(24)23(4)14-19-18-12-16(17-6-5-10-22-13-17)8-7-15(18)9-11-25-19/h5-8,10,12-13,19H,9,11,14H2,1-4H3/t19-/m1/s1. The molecule has 1 atom stereocenters. The maximum absolute atomic E-state index is 12.3. The molecule has 0 saturated heterocycles. The molecule has 2 heterocycles. The first-order chi connectivity index (χ1) is 12.3. The minimum absolute atomic E-state index is 0.159. The number of fused-ring (bicyclic) bond motifs is 1. The lowest BCUT2D eigenvalue weighted by Crippen LogP contribution is -2.37. The van der Waals surface area contributed by atoms with Crippen LogP contribution in [0, 0.1) is 0 Å². The monoisotopic (exact) mass is 354 g/mol. The maximum atomic E-state index is 12.3. The largest absolute Gasteiger partial charge is 0.444 e. The zero-order chi connectivity index (χ0) is 18.7. The van der Waals surface area contributed by atoms with Crippen LogP contribution < -0.4 is 0 Å². The van der Waals surface area contributed by atoms with Crippen LogP contribution in [0.3, 0.4) is 0 Å². The van der Waals surface area contributed by atoms with Crippen LogP contribution in [0.4, 0.5) is 4.79 Å². The molecule has 1 aliphatic heterocycles. The summed E-state index contributed by atoms with van der Waals surface area (Å²) in [7, 11) is 1.75. The Morgan fingerprint density at radius 3 is 2.81 bits per heavy atom. The Morgan fingerprint density at radius 1 is 1.31 bits per heavy atom. The van der Waals surface area contributed by atoms with Gasteiger partial charge in [0.2, 0.25) is 0 Å². The zero-order valence-corrected chi connectivity index (χ0v) is 15.9. The van der Waals surface area contributed by atoms with E-state index in [9.17, 15) is 4.79 Å². The average molecular weight is 354 g/mol. The molecular formula is C21H26N2O3. The first kappa shape index (κ1) is 18.4. The molecule has 3 rings (SSSR count). The Bertz CT molecular complexity index is 769. The highest BCUT2D eigenvalue weighted by atomic mass is 16.6. The van der Waals surface area contributed by atoms with E-state index in [1.807, 2.05) is 39.1 Å². The van der Waals surface area contributed by atoms with Gasteiger partial charge in [-0.05, 0) is 61.6 Å². The highest BCUT2D eigenvalue weighted by Crippen LogP contribution is 2.32. The summed E-state index contributed by atoms with van der Waals surface area (Å²) in [5.74, 6) is 0. The van der Waals surface area contributed by atoms with Crippen molar-refractivity contribution >= 4 is 6.09 Å². The van der Waals surface area contributed by atoms with Crippen molar-refractivity contribution in [1.82, 2.24) is 9.88 Å². The summed E-state index contributed by atoms with van der Waals surface area (Å²) in [5, 5.41) is 0. The summed E-state index contributed by atoms with van der Waals surface area (Å²) in [6.07, 6.45) is 4.01. The Balaban J connectivity index is 1.80. The Hall–Kier alpha value is -2.40. The molecule has 26 heavy (non-hydrogen) atoms. The molecule has 0 spiro atoms. The predicted octanol–water partition coefficient (Wildman–Crippen LogP) is 4.23. The number of rotatable bonds is 3. The highest BCUT2D eigenvalue weighted by molar-refractivity contribution is 5.68. The number of aromatic nitrogens is 1. The fourth-order valence-electron chi connectivity index (χ4n) is 3.05. The van der Waals surface area contributed by atoms with E-state index in [0.717, 1.165) is 23.1 Å². The second-order valence-corrected chi connectivity index (χ2v) is 7.63. The van der Waals surface area contributed by atoms with Crippen molar-refractivity contribution in [2.45, 2.75) is 38.9 Å². The van der Waals surface area contributed by atoms with E-state index in [1.54, 1.807) is 18.1 Å². The number of ether oxygens (including phenoxy) is 2. The molecule has 0 saturated carbocycles. The van der Waals surface area contributed by atoms with Gasteiger partial charge in [0.25, 0.3) is 0 Å². The fourth-order valence-corrected chi connectivity index (χ4v) is 3.05. The van der Waals surface area contributed by atoms with Crippen LogP contribution in [0.2, 0.25) is 0 Å². The number of amides is 1. The van der Waals surface area contributed by atoms with Crippen molar-refractivity contribution in [3.8, 4) is 11.1 Å². The van der Waals surface area contributed by atoms with Gasteiger partial charge in [-0.25, -0.2) is 4.79 Å². The molecule has 5 heteroatoms. The molecule has 0 N–H and O–H groups in total. The molecular weight excluding hydrogens is 328 g/mol. The minimum atomic E-state index is -0.510. The lowest BCUT2D eigenvalue weighted by atomic mass is 9.93. The van der Waals surface area contributed by atoms with Crippen molar-refractivity contribution in [2.75, 3.05) is 20.2 Å². The van der Waals surface area contributed by atoms with Crippen molar-refractivity contribution in [3.63, 3.8) is 0 Å². The lowest BCUT2D eigenvalue weighted by molar-refractivity contribution is -0.00162. The van der Waals surface area contributed by atoms with Gasteiger partial charge in [-0.2, -0.15) is 0 Å². The Labute approximate surface area is 155 Å². The molecule has 1 aromatic heterocycles. The fraction of sp³-hybridized carbons (Fsp3) is 0.429. The maximum Gasteiger partial charge on any atom is 0.410 e. The number of pyridine rings is 1. The first-order valence-electron chi connectivity index (χ1n) is 8.92. The summed E-state index contributed by atoms with van der Waals surface area (Å²) in [5.41, 5.74) is 4.07. The van der Waals surface area contributed by atoms with Crippen LogP contribution in [0.1, 0.15) is 38.0 Å². The first-order valence-corrected chi connectivity index (χ1v) is 8.92. The number of hydrogen-bond acceptors (Lipinski definition) is 4. The van der Waals surface area contributed by atoms with Crippen LogP contribution in [-0.4, -0.2) is 41.8 Å². The van der Waals surface area contributed by atoms with Gasteiger partial charge in [0.1, 0.15) is 11.7 Å². The van der Waals surface area contributed by atoms with Gasteiger partial charge in [-0.3, -0.25) is 4.98 Å². The minimum Gasteiger partial charge on any atom is -0.444 e. The van der Waals surface area contributed by atoms with Crippen molar-refractivity contribution in [2.24, 2.45) is 0 Å². The molecule has 1 aliphatic rings. The van der Waals surface area contributed by atoms with E-state index in [2.05, 4.69) is 23.2 Å². The molecule has 2 aromatic rings. The SMILES string of the molecule is CN(C[C@H]1OCCc2ccc(-c3cccnc3)cc21)C(=O)OC(C)(C)C. The highest BCUT2D eigenvalue weighted by Gasteiger charge is 2.26. The number of carbonyl (C=O) groups is 1. The number of hydrogen-bond donors (Lipinski definition) is 0. The number of carbonyl (C=O) groups excluding carboxylic acids is 1. The van der Waals surface area contributed by atoms with E-state index in [-0.39, 0.29) is 12.2 Å². The van der Waals surface area contributed by atoms with Crippen molar-refractivity contribution in [3.05, 3.63) is 53.9 Å². The summed E-state index contributed by atoms with van der Waals surface area (Å²) in [6, 6.07) is 10.4. The van der Waals surface area contributed by atoms with Crippen LogP contribution in [0.25, 0.3) is 11.1 Å². The van der Waals surface area contributed by atoms with Gasteiger partial charge in [-0.15, -0.1) is 0 Å². The topological polar surface area (TPSA) is 51.7 Å². The zero-order valence-electron chi connectivity index (χ0n) is 15.9. The molecule has 138 valence electrons. The molecule has 1 amide bonds. The molecule has 0 radical (unpaired) electrons. The third-order valence-corrected chi connectivity index (χ3v) is 4.32. The predicted molar refractivity (Wildman–Crippen MR) is 101 cm³/mol. The van der Waals surface area contributed by atoms with E-state index >= 15 is 0 Å². The normalized spacial score (nSPS) is 16.7. The molecule has 5 nitrogen and oxygen atoms in total. The van der Waals surface area contributed by atoms with Gasteiger partial charge >= 0.3 is 6.09 Å². The molecule has 0 fully saturated rings. The second kappa shape index (κ2) is 7.46. The summed E-state index contributed by atoms with van der Waals surface area (Å²) in [6.45, 7) is 6.71. The van der Waals surface area contributed by atoms with Crippen LogP contribution in [0.15, 0.2) is 42.7 Å². The van der Waals surface area contributed by atoms with Crippen LogP contribution >= 0.6 is 0 Å². The van der Waals surface area contributed by atoms with Gasteiger partial charge < -0.3 is 14.4 Å². The smallest absolute Gasteiger partial charge is 0.410 e. The van der Waals surface area contributed by atoms with E-state index < -0.39 is 5.60 Å². The van der Waals surface area contributed by atoms with Crippen molar-refractivity contribution in [1.29, 1.82) is 0 Å². The summed E-state index contributed by atoms with van der Waals surface area (Å²) >= 11 is 0. The lowest BCUT2D eigenvalue weighted by Gasteiger charge is -2.31. The molecule has 0 bridgehead atoms. The third kappa shape index (κ3) is 4.41. The van der Waals surface area contributed by atoms with Gasteiger partial charge in [-0.1, -0.05) is 18.2 Å². The van der Waals surface area contributed by atoms with Crippen molar-refractivity contribution < 1.29 is 14.3 Å². The van der Waals surface area contributed by atoms with Gasteiger partial charge in [0, 0.05) is 19.4 Å². The van der Waals surface area contributed by atoms with Crippen LogP contribution in [0.5, 0.6) is 0 Å². The molecule has 0 aliphatic carbocycles. The average Bonchev–Trinajstić information content (AvgIpc) is 2.61. The van der Waals surface area contributed by atoms with E-state index in [1.165, 1.54) is 5.56 Å². The quantitative estimate of drug-likeness (QED) is 0.828. The summed E-state index contributed by atoms with van der Waals surface area (Å²) < 4.78 is 11.4. The summed E-state index contributed by atoms with van der Waals surface area (Å²) in [4.78, 5) is 18.1. The van der Waals surface area contributed by atoms with Gasteiger partial charge in [0.05, 0.1) is 13.2 Å². The van der Waals surface area contributed by atoms with Crippen LogP contribution in [-0.2, 0) is 15.9 Å². The number of likely N-dealkylation sites (N-methyl/N-ethyl adjacent to an activating group) is 1. The van der Waals surface area contributed by atoms with Gasteiger partial charge in [0.15, 0.2) is 0 Å². The number of benzene rings is 1. The molecule has 1 aromatic carbocycles. The Kier molecular flexibility index (Phi) is 5.28. The Morgan fingerprint density at radius 2 is 2.12 bits per heavy atom. The molecule has 0 unspecified atom stereocenters. The number of nitrogens with zero attached hydrogens (tertiary/aromatic N) is 2. The van der Waals surface area contributed by atoms with E-state index in [0.29, 0.717) is 13.2 Å². The second-order valence-electron chi connectivity index (χ2n) is 7.63. The third-order valence-electron chi connectivity index (χ3n) is 4.32. The van der Waals surface area contributed by atoms with E-state index in [4.69, 9.17) is 9.47 Å².